The van der Waals surface area contributed by atoms with Crippen LogP contribution in [0.3, 0.4) is 0 Å². The van der Waals surface area contributed by atoms with Gasteiger partial charge >= 0.3 is 13.5 Å². The van der Waals surface area contributed by atoms with Crippen molar-refractivity contribution in [3.8, 4) is 35.2 Å². The van der Waals surface area contributed by atoms with Crippen LogP contribution in [-0.2, 0) is 43.3 Å². The van der Waals surface area contributed by atoms with E-state index in [9.17, 15) is 14.6 Å². The highest BCUT2D eigenvalue weighted by molar-refractivity contribution is 7.49. The van der Waals surface area contributed by atoms with Gasteiger partial charge in [0.2, 0.25) is 0 Å². The summed E-state index contributed by atoms with van der Waals surface area (Å²) in [5.74, 6) is 8.92. The lowest BCUT2D eigenvalue weighted by Crippen LogP contribution is -2.39. The average molecular weight is 1130 g/mol. The molecule has 0 saturated carbocycles. The number of aliphatic imine (C=N–C) groups is 1. The lowest BCUT2D eigenvalue weighted by Gasteiger charge is -2.39. The third-order valence-corrected chi connectivity index (χ3v) is 17.0. The van der Waals surface area contributed by atoms with Crippen LogP contribution in [0.4, 0.5) is 5.82 Å². The molecule has 5 aromatic rings. The molecule has 1 fully saturated rings. The fraction of sp³-hybridized carbons (Fsp3) is 0.475. The summed E-state index contributed by atoms with van der Waals surface area (Å²) in [6.07, 6.45) is 1.36. The van der Waals surface area contributed by atoms with Crippen LogP contribution in [-0.4, -0.2) is 96.9 Å². The van der Waals surface area contributed by atoms with E-state index in [0.717, 1.165) is 35.3 Å². The quantitative estimate of drug-likeness (QED) is 0.0127. The molecule has 5 atom stereocenters. The first kappa shape index (κ1) is 61.7. The predicted molar refractivity (Wildman–Crippen MR) is 311 cm³/mol. The molecule has 0 aliphatic carbocycles. The van der Waals surface area contributed by atoms with E-state index in [1.165, 1.54) is 4.57 Å². The number of nitriles is 1. The van der Waals surface area contributed by atoms with Crippen molar-refractivity contribution < 1.29 is 46.1 Å². The number of benzene rings is 4. The number of ether oxygens (including phenoxy) is 4. The lowest BCUT2D eigenvalue weighted by atomic mass is 9.80. The van der Waals surface area contributed by atoms with E-state index >= 15 is 0 Å². The Balaban J connectivity index is 1.29. The molecule has 0 N–H and O–H groups in total. The minimum atomic E-state index is -4.02. The second-order valence-electron chi connectivity index (χ2n) is 21.5. The second kappa shape index (κ2) is 28.2. The number of methoxy groups -OCH3 is 2. The number of para-hydroxylation sites is 1. The van der Waals surface area contributed by atoms with E-state index in [0.29, 0.717) is 34.6 Å². The molecular formula is C61H78N6O11P2. The van der Waals surface area contributed by atoms with Gasteiger partial charge in [0.1, 0.15) is 40.8 Å². The normalized spacial score (nSPS) is 19.2. The van der Waals surface area contributed by atoms with Gasteiger partial charge in [0.05, 0.1) is 64.5 Å². The molecule has 3 heterocycles. The summed E-state index contributed by atoms with van der Waals surface area (Å²) in [7, 11) is -2.54. The van der Waals surface area contributed by atoms with Gasteiger partial charge in [-0.2, -0.15) is 10.2 Å². The maximum Gasteiger partial charge on any atom is 0.530 e. The van der Waals surface area contributed by atoms with Gasteiger partial charge in [-0.15, -0.1) is 0 Å². The number of rotatable bonds is 26. The van der Waals surface area contributed by atoms with E-state index in [2.05, 4.69) is 87.9 Å². The van der Waals surface area contributed by atoms with Gasteiger partial charge < -0.3 is 37.4 Å². The van der Waals surface area contributed by atoms with Crippen LogP contribution < -0.4 is 19.7 Å². The molecule has 428 valence electrons. The van der Waals surface area contributed by atoms with Gasteiger partial charge in [-0.05, 0) is 100 Å². The Bertz CT molecular complexity index is 2980. The van der Waals surface area contributed by atoms with Crippen LogP contribution >= 0.6 is 16.3 Å². The van der Waals surface area contributed by atoms with E-state index in [4.69, 9.17) is 46.6 Å². The lowest BCUT2D eigenvalue weighted by molar-refractivity contribution is -0.0925. The second-order valence-corrected chi connectivity index (χ2v) is 24.5. The summed E-state index contributed by atoms with van der Waals surface area (Å²) >= 11 is 0. The molecule has 0 amide bonds. The van der Waals surface area contributed by atoms with Crippen molar-refractivity contribution >= 4 is 28.5 Å². The van der Waals surface area contributed by atoms with Crippen LogP contribution in [0.25, 0.3) is 0 Å². The molecule has 7 rings (SSSR count). The minimum Gasteiger partial charge on any atom is -0.497 e. The van der Waals surface area contributed by atoms with Crippen molar-refractivity contribution in [3.63, 3.8) is 0 Å². The molecule has 1 saturated heterocycles. The summed E-state index contributed by atoms with van der Waals surface area (Å²) in [6.45, 7) is 22.0. The fourth-order valence-corrected chi connectivity index (χ4v) is 13.1. The summed E-state index contributed by atoms with van der Waals surface area (Å²) in [5.41, 5.74) is 0.839. The third kappa shape index (κ3) is 15.5. The number of fused-ring (bicyclic) bond motifs is 1. The number of phosphoric acid groups is 1. The fourth-order valence-electron chi connectivity index (χ4n) is 9.85. The molecule has 2 aliphatic heterocycles. The molecule has 17 nitrogen and oxygen atoms in total. The first-order valence-electron chi connectivity index (χ1n) is 27.3. The van der Waals surface area contributed by atoms with E-state index < -0.39 is 51.7 Å². The molecule has 5 unspecified atom stereocenters. The van der Waals surface area contributed by atoms with Crippen LogP contribution in [0.15, 0.2) is 119 Å². The zero-order valence-corrected chi connectivity index (χ0v) is 50.0. The van der Waals surface area contributed by atoms with E-state index in [1.807, 2.05) is 105 Å². The SMILES string of the molecule is COc1ccc(C(OCC2OC(n3cc(C#CCCOP4(=O)Oc5ccccc5C(C)(C)O4)c(/N=C/N(CC(C)C)CC(C)C)nc3=O)CC2OP(OCCC#N)N(C(C)C)C(C)C)(c2ccccc2)c2ccc(OC)cc2)cc1. The summed E-state index contributed by atoms with van der Waals surface area (Å²) in [4.78, 5) is 26.1. The smallest absolute Gasteiger partial charge is 0.497 e. The van der Waals surface area contributed by atoms with Crippen molar-refractivity contribution in [3.05, 3.63) is 148 Å². The summed E-state index contributed by atoms with van der Waals surface area (Å²) < 4.78 is 74.2. The largest absolute Gasteiger partial charge is 0.530 e. The van der Waals surface area contributed by atoms with Gasteiger partial charge in [-0.1, -0.05) is 112 Å². The molecular weight excluding hydrogens is 1050 g/mol. The van der Waals surface area contributed by atoms with Gasteiger partial charge in [-0.25, -0.2) is 19.0 Å². The van der Waals surface area contributed by atoms with E-state index in [1.54, 1.807) is 38.9 Å². The first-order chi connectivity index (χ1) is 38.3. The monoisotopic (exact) mass is 1130 g/mol. The van der Waals surface area contributed by atoms with Crippen LogP contribution in [0, 0.1) is 35.0 Å². The Kier molecular flexibility index (Phi) is 21.7. The highest BCUT2D eigenvalue weighted by Crippen LogP contribution is 2.60. The molecule has 19 heteroatoms. The van der Waals surface area contributed by atoms with Crippen molar-refractivity contribution in [2.75, 3.05) is 47.1 Å². The Morgan fingerprint density at radius 3 is 2.04 bits per heavy atom. The van der Waals surface area contributed by atoms with Gasteiger partial charge in [0.25, 0.3) is 8.53 Å². The predicted octanol–water partition coefficient (Wildman–Crippen LogP) is 12.7. The van der Waals surface area contributed by atoms with Crippen LogP contribution in [0.5, 0.6) is 17.2 Å². The highest BCUT2D eigenvalue weighted by Gasteiger charge is 2.46. The Hall–Kier alpha value is -5.94. The number of hydrogen-bond donors (Lipinski definition) is 0. The van der Waals surface area contributed by atoms with Crippen molar-refractivity contribution in [1.29, 1.82) is 5.26 Å². The van der Waals surface area contributed by atoms with Crippen molar-refractivity contribution in [2.45, 2.75) is 130 Å². The van der Waals surface area contributed by atoms with Crippen molar-refractivity contribution in [1.82, 2.24) is 19.1 Å². The molecule has 1 aromatic heterocycles. The Morgan fingerprint density at radius 1 is 0.850 bits per heavy atom. The standard InChI is InChI=1S/C61H78N6O11P2/c1-43(2)38-65(39-44(3)4)42-63-58-47(21-18-19-36-74-80(69)77-54-25-17-16-24-53(54)60(9,10)78-80)40-66(59(68)64-58)57-37-55(76-79(73-35-20-34-62)67(45(5)6)46(7)8)56(75-57)41-72-61(48-22-14-13-15-23-48,49-26-30-51(70-11)31-27-49)50-28-32-52(71-12)33-29-50/h13-17,22-33,40,42-46,55-57H,19-20,35-39,41H2,1-12H3/b63-42+. The third-order valence-electron chi connectivity index (χ3n) is 13.3. The van der Waals surface area contributed by atoms with Crippen LogP contribution in [0.2, 0.25) is 0 Å². The number of aromatic nitrogens is 2. The Labute approximate surface area is 474 Å². The number of phosphoric ester groups is 1. The van der Waals surface area contributed by atoms with E-state index in [-0.39, 0.29) is 57.0 Å². The Morgan fingerprint density at radius 2 is 1.45 bits per heavy atom. The number of nitrogens with zero attached hydrogens (tertiary/aromatic N) is 6. The summed E-state index contributed by atoms with van der Waals surface area (Å²) in [6, 6.07) is 35.0. The molecule has 0 spiro atoms. The zero-order chi connectivity index (χ0) is 57.6. The first-order valence-corrected chi connectivity index (χ1v) is 29.9. The van der Waals surface area contributed by atoms with Crippen LogP contribution in [0.1, 0.15) is 123 Å². The molecule has 2 aliphatic rings. The summed E-state index contributed by atoms with van der Waals surface area (Å²) in [5, 5.41) is 9.59. The minimum absolute atomic E-state index is 0.00247. The topological polar surface area (TPSA) is 178 Å². The van der Waals surface area contributed by atoms with Gasteiger partial charge in [-0.3, -0.25) is 13.6 Å². The molecule has 4 aromatic carbocycles. The number of hydrogen-bond acceptors (Lipinski definition) is 15. The van der Waals surface area contributed by atoms with Gasteiger partial charge in [0, 0.05) is 49.8 Å². The molecule has 0 radical (unpaired) electrons. The molecule has 0 bridgehead atoms. The zero-order valence-electron chi connectivity index (χ0n) is 48.2. The highest BCUT2D eigenvalue weighted by atomic mass is 31.2. The maximum atomic E-state index is 14.6. The van der Waals surface area contributed by atoms with Gasteiger partial charge in [0.15, 0.2) is 5.82 Å². The van der Waals surface area contributed by atoms with Crippen molar-refractivity contribution in [2.24, 2.45) is 16.8 Å². The average Bonchev–Trinajstić information content (AvgIpc) is 3.92. The molecule has 80 heavy (non-hydrogen) atoms. The maximum absolute atomic E-state index is 14.6.